The first-order chi connectivity index (χ1) is 9.85. The highest BCUT2D eigenvalue weighted by Gasteiger charge is 2.35. The highest BCUT2D eigenvalue weighted by atomic mass is 16.6. The lowest BCUT2D eigenvalue weighted by Gasteiger charge is -2.24. The Morgan fingerprint density at radius 3 is 2.81 bits per heavy atom. The van der Waals surface area contributed by atoms with Crippen molar-refractivity contribution >= 4 is 23.0 Å². The van der Waals surface area contributed by atoms with E-state index in [1.807, 2.05) is 4.90 Å². The van der Waals surface area contributed by atoms with Gasteiger partial charge in [-0.3, -0.25) is 14.9 Å². The maximum atomic E-state index is 11.4. The molecule has 1 fully saturated rings. The van der Waals surface area contributed by atoms with Gasteiger partial charge in [-0.2, -0.15) is 0 Å². The van der Waals surface area contributed by atoms with E-state index < -0.39 is 10.5 Å². The minimum atomic E-state index is -0.821. The number of nitrogens with one attached hydrogen (secondary N) is 1. The molecule has 0 bridgehead atoms. The normalized spacial score (nSPS) is 24.7. The summed E-state index contributed by atoms with van der Waals surface area (Å²) in [5.41, 5.74) is 1.09. The predicted molar refractivity (Wildman–Crippen MR) is 77.5 cm³/mol. The third kappa shape index (κ3) is 2.56. The summed E-state index contributed by atoms with van der Waals surface area (Å²) in [4.78, 5) is 24.1. The highest BCUT2D eigenvalue weighted by molar-refractivity contribution is 5.95. The van der Waals surface area contributed by atoms with Crippen LogP contribution in [0.2, 0.25) is 0 Å². The maximum Gasteiger partial charge on any atom is 0.294 e. The molecule has 0 aromatic heterocycles. The van der Waals surface area contributed by atoms with Crippen molar-refractivity contribution in [2.45, 2.75) is 31.8 Å². The van der Waals surface area contributed by atoms with Crippen LogP contribution in [0.25, 0.3) is 0 Å². The third-order valence-electron chi connectivity index (χ3n) is 4.09. The summed E-state index contributed by atoms with van der Waals surface area (Å²) >= 11 is 0. The van der Waals surface area contributed by atoms with E-state index >= 15 is 0 Å². The predicted octanol–water partition coefficient (Wildman–Crippen LogP) is 1.44. The quantitative estimate of drug-likeness (QED) is 0.635. The van der Waals surface area contributed by atoms with E-state index in [0.717, 1.165) is 5.56 Å². The Hall–Kier alpha value is -2.15. The lowest BCUT2D eigenvalue weighted by molar-refractivity contribution is -0.384. The molecule has 1 aromatic rings. The Balaban J connectivity index is 2.03. The number of nitro benzene ring substituents is 1. The van der Waals surface area contributed by atoms with Crippen LogP contribution in [0.15, 0.2) is 12.1 Å². The number of nitrogens with zero attached hydrogens (tertiary/aromatic N) is 2. The second-order valence-corrected chi connectivity index (χ2v) is 5.97. The molecule has 1 amide bonds. The largest absolute Gasteiger partial charge is 0.388 e. The van der Waals surface area contributed by atoms with E-state index in [2.05, 4.69) is 5.32 Å². The van der Waals surface area contributed by atoms with E-state index in [0.29, 0.717) is 43.7 Å². The van der Waals surface area contributed by atoms with Crippen LogP contribution in [0.4, 0.5) is 17.1 Å². The fourth-order valence-electron chi connectivity index (χ4n) is 2.95. The molecular weight excluding hydrogens is 274 g/mol. The van der Waals surface area contributed by atoms with Crippen molar-refractivity contribution in [3.05, 3.63) is 27.8 Å². The van der Waals surface area contributed by atoms with Crippen molar-refractivity contribution in [3.63, 3.8) is 0 Å². The molecule has 0 radical (unpaired) electrons. The van der Waals surface area contributed by atoms with Gasteiger partial charge in [0, 0.05) is 25.6 Å². The number of rotatable bonds is 2. The van der Waals surface area contributed by atoms with Gasteiger partial charge in [0.05, 0.1) is 16.2 Å². The number of aliphatic hydroxyl groups is 1. The number of nitro groups is 1. The molecule has 3 rings (SSSR count). The zero-order valence-electron chi connectivity index (χ0n) is 11.8. The minimum Gasteiger partial charge on any atom is -0.388 e. The van der Waals surface area contributed by atoms with E-state index in [4.69, 9.17) is 0 Å². The molecule has 2 N–H and O–H groups in total. The van der Waals surface area contributed by atoms with Gasteiger partial charge in [0.2, 0.25) is 5.91 Å². The Morgan fingerprint density at radius 2 is 2.19 bits per heavy atom. The summed E-state index contributed by atoms with van der Waals surface area (Å²) in [6.07, 6.45) is 1.55. The Labute approximate surface area is 121 Å². The third-order valence-corrected chi connectivity index (χ3v) is 4.09. The monoisotopic (exact) mass is 291 g/mol. The number of aryl methyl sites for hydroxylation is 1. The van der Waals surface area contributed by atoms with Crippen molar-refractivity contribution in [2.24, 2.45) is 0 Å². The van der Waals surface area contributed by atoms with Crippen LogP contribution in [0.1, 0.15) is 25.3 Å². The number of hydrogen-bond acceptors (Lipinski definition) is 5. The molecule has 2 aliphatic rings. The Bertz CT molecular complexity index is 627. The lowest BCUT2D eigenvalue weighted by atomic mass is 10.0. The molecule has 112 valence electrons. The molecule has 0 aliphatic carbocycles. The zero-order chi connectivity index (χ0) is 15.2. The van der Waals surface area contributed by atoms with Crippen LogP contribution >= 0.6 is 0 Å². The average Bonchev–Trinajstić information content (AvgIpc) is 2.77. The fourth-order valence-corrected chi connectivity index (χ4v) is 2.95. The second kappa shape index (κ2) is 4.70. The summed E-state index contributed by atoms with van der Waals surface area (Å²) in [5, 5.41) is 24.0. The highest BCUT2D eigenvalue weighted by Crippen LogP contribution is 2.38. The molecular formula is C14H17N3O4. The van der Waals surface area contributed by atoms with E-state index in [1.165, 1.54) is 6.07 Å². The van der Waals surface area contributed by atoms with Gasteiger partial charge in [0.1, 0.15) is 5.69 Å². The van der Waals surface area contributed by atoms with Crippen molar-refractivity contribution < 1.29 is 14.8 Å². The number of benzene rings is 1. The zero-order valence-corrected chi connectivity index (χ0v) is 11.8. The fraction of sp³-hybridized carbons (Fsp3) is 0.500. The van der Waals surface area contributed by atoms with Gasteiger partial charge in [-0.15, -0.1) is 0 Å². The number of carbonyl (C=O) groups excluding carboxylic acids is 1. The van der Waals surface area contributed by atoms with Gasteiger partial charge in [-0.25, -0.2) is 0 Å². The maximum absolute atomic E-state index is 11.4. The number of fused-ring (bicyclic) bond motifs is 1. The van der Waals surface area contributed by atoms with Crippen LogP contribution < -0.4 is 10.2 Å². The summed E-state index contributed by atoms with van der Waals surface area (Å²) in [6, 6.07) is 3.20. The summed E-state index contributed by atoms with van der Waals surface area (Å²) < 4.78 is 0. The molecule has 2 aliphatic heterocycles. The first-order valence-corrected chi connectivity index (χ1v) is 6.94. The van der Waals surface area contributed by atoms with Gasteiger partial charge in [0.15, 0.2) is 0 Å². The van der Waals surface area contributed by atoms with Crippen LogP contribution in [-0.4, -0.2) is 34.6 Å². The second-order valence-electron chi connectivity index (χ2n) is 5.97. The molecule has 0 spiro atoms. The number of β-amino-alcohol motifs (C(OH)–C–C–N with tert-alkyl or cyclic N) is 1. The van der Waals surface area contributed by atoms with Crippen LogP contribution in [-0.2, 0) is 11.2 Å². The van der Waals surface area contributed by atoms with Gasteiger partial charge in [0.25, 0.3) is 5.69 Å². The van der Waals surface area contributed by atoms with Gasteiger partial charge in [-0.1, -0.05) is 0 Å². The first kappa shape index (κ1) is 13.8. The smallest absolute Gasteiger partial charge is 0.294 e. The molecule has 7 heteroatoms. The van der Waals surface area contributed by atoms with E-state index in [-0.39, 0.29) is 11.6 Å². The first-order valence-electron chi connectivity index (χ1n) is 6.94. The molecule has 0 saturated carbocycles. The van der Waals surface area contributed by atoms with Crippen LogP contribution in [0, 0.1) is 10.1 Å². The number of amides is 1. The molecule has 21 heavy (non-hydrogen) atoms. The van der Waals surface area contributed by atoms with E-state index in [9.17, 15) is 20.0 Å². The molecule has 1 aromatic carbocycles. The Morgan fingerprint density at radius 1 is 1.43 bits per heavy atom. The topological polar surface area (TPSA) is 95.7 Å². The summed E-state index contributed by atoms with van der Waals surface area (Å²) in [7, 11) is 0. The number of hydrogen-bond donors (Lipinski definition) is 2. The van der Waals surface area contributed by atoms with Gasteiger partial charge in [-0.05, 0) is 31.4 Å². The van der Waals surface area contributed by atoms with Crippen LogP contribution in [0.3, 0.4) is 0 Å². The molecule has 1 unspecified atom stereocenters. The molecule has 2 heterocycles. The number of carbonyl (C=O) groups is 1. The van der Waals surface area contributed by atoms with Crippen molar-refractivity contribution in [2.75, 3.05) is 23.3 Å². The number of anilines is 2. The molecule has 7 nitrogen and oxygen atoms in total. The summed E-state index contributed by atoms with van der Waals surface area (Å²) in [5.74, 6) is -0.117. The van der Waals surface area contributed by atoms with E-state index in [1.54, 1.807) is 13.0 Å². The van der Waals surface area contributed by atoms with Crippen LogP contribution in [0.5, 0.6) is 0 Å². The molecule has 1 saturated heterocycles. The minimum absolute atomic E-state index is 0.0337. The average molecular weight is 291 g/mol. The van der Waals surface area contributed by atoms with Crippen molar-refractivity contribution in [3.8, 4) is 0 Å². The SMILES string of the molecule is CC1(O)CCN(c2cc3c(cc2[N+](=O)[O-])NC(=O)CC3)C1. The Kier molecular flexibility index (Phi) is 3.09. The van der Waals surface area contributed by atoms with Gasteiger partial charge < -0.3 is 15.3 Å². The lowest BCUT2D eigenvalue weighted by Crippen LogP contribution is -2.30. The van der Waals surface area contributed by atoms with Crippen molar-refractivity contribution in [1.29, 1.82) is 0 Å². The summed E-state index contributed by atoms with van der Waals surface area (Å²) in [6.45, 7) is 2.69. The van der Waals surface area contributed by atoms with Gasteiger partial charge >= 0.3 is 0 Å². The van der Waals surface area contributed by atoms with Crippen molar-refractivity contribution in [1.82, 2.24) is 0 Å². The standard InChI is InChI=1S/C14H17N3O4/c1-14(19)4-5-16(8-14)11-6-9-2-3-13(18)15-10(9)7-12(11)17(20)21/h6-7,19H,2-5,8H2,1H3,(H,15,18). The molecule has 1 atom stereocenters.